The second kappa shape index (κ2) is 5.56. The molecular formula is C15H9IN2S2. The van der Waals surface area contributed by atoms with Crippen LogP contribution in [0.3, 0.4) is 0 Å². The lowest BCUT2D eigenvalue weighted by molar-refractivity contribution is 1.52. The lowest BCUT2D eigenvalue weighted by atomic mass is 10.1. The molecule has 20 heavy (non-hydrogen) atoms. The number of halogens is 1. The zero-order valence-electron chi connectivity index (χ0n) is 10.3. The molecule has 1 aromatic carbocycles. The van der Waals surface area contributed by atoms with Crippen molar-refractivity contribution in [2.75, 3.05) is 5.73 Å². The molecule has 0 atom stereocenters. The third kappa shape index (κ3) is 2.24. The SMILES string of the molecule is N#Cc1sc(-c2ccccc2I)c(-c2cccs2)c1N. The summed E-state index contributed by atoms with van der Waals surface area (Å²) in [5, 5.41) is 11.3. The molecule has 3 rings (SSSR count). The van der Waals surface area contributed by atoms with Crippen molar-refractivity contribution in [3.63, 3.8) is 0 Å². The smallest absolute Gasteiger partial charge is 0.129 e. The van der Waals surface area contributed by atoms with Crippen molar-refractivity contribution >= 4 is 51.0 Å². The Bertz CT molecular complexity index is 798. The van der Waals surface area contributed by atoms with Crippen LogP contribution in [0.1, 0.15) is 4.88 Å². The van der Waals surface area contributed by atoms with E-state index in [-0.39, 0.29) is 0 Å². The van der Waals surface area contributed by atoms with E-state index in [2.05, 4.69) is 40.8 Å². The van der Waals surface area contributed by atoms with Crippen LogP contribution in [0.2, 0.25) is 0 Å². The number of nitriles is 1. The van der Waals surface area contributed by atoms with Gasteiger partial charge in [-0.3, -0.25) is 0 Å². The van der Waals surface area contributed by atoms with Gasteiger partial charge in [-0.25, -0.2) is 0 Å². The molecule has 5 heteroatoms. The van der Waals surface area contributed by atoms with Crippen LogP contribution in [0.15, 0.2) is 41.8 Å². The minimum atomic E-state index is 0.586. The Morgan fingerprint density at radius 2 is 1.95 bits per heavy atom. The Morgan fingerprint density at radius 1 is 1.15 bits per heavy atom. The molecule has 3 aromatic rings. The van der Waals surface area contributed by atoms with E-state index in [9.17, 15) is 5.26 Å². The van der Waals surface area contributed by atoms with Crippen LogP contribution >= 0.6 is 45.3 Å². The van der Waals surface area contributed by atoms with Crippen molar-refractivity contribution in [3.05, 3.63) is 50.2 Å². The maximum absolute atomic E-state index is 9.25. The van der Waals surface area contributed by atoms with Gasteiger partial charge in [-0.05, 0) is 40.1 Å². The highest BCUT2D eigenvalue weighted by Crippen LogP contribution is 2.47. The van der Waals surface area contributed by atoms with Gasteiger partial charge in [-0.15, -0.1) is 22.7 Å². The number of rotatable bonds is 2. The highest BCUT2D eigenvalue weighted by molar-refractivity contribution is 14.1. The summed E-state index contributed by atoms with van der Waals surface area (Å²) in [7, 11) is 0. The minimum absolute atomic E-state index is 0.586. The van der Waals surface area contributed by atoms with E-state index in [0.29, 0.717) is 10.6 Å². The average molecular weight is 408 g/mol. The van der Waals surface area contributed by atoms with Gasteiger partial charge in [0.15, 0.2) is 0 Å². The Hall–Kier alpha value is -1.36. The first kappa shape index (κ1) is 13.6. The van der Waals surface area contributed by atoms with Crippen LogP contribution in [-0.4, -0.2) is 0 Å². The first-order chi connectivity index (χ1) is 9.72. The molecule has 2 heterocycles. The van der Waals surface area contributed by atoms with Crippen LogP contribution in [0.25, 0.3) is 20.9 Å². The van der Waals surface area contributed by atoms with Gasteiger partial charge in [0.2, 0.25) is 0 Å². The molecule has 2 N–H and O–H groups in total. The minimum Gasteiger partial charge on any atom is -0.396 e. The summed E-state index contributed by atoms with van der Waals surface area (Å²) in [5.41, 5.74) is 8.90. The standard InChI is InChI=1S/C15H9IN2S2/c16-10-5-2-1-4-9(10)15-13(11-6-3-7-19-11)14(18)12(8-17)20-15/h1-7H,18H2. The molecule has 0 spiro atoms. The monoisotopic (exact) mass is 408 g/mol. The Morgan fingerprint density at radius 3 is 2.60 bits per heavy atom. The maximum atomic E-state index is 9.25. The van der Waals surface area contributed by atoms with Crippen molar-refractivity contribution in [1.82, 2.24) is 0 Å². The van der Waals surface area contributed by atoms with E-state index in [0.717, 1.165) is 24.5 Å². The van der Waals surface area contributed by atoms with Crippen LogP contribution in [0, 0.1) is 14.9 Å². The van der Waals surface area contributed by atoms with Crippen LogP contribution in [0.4, 0.5) is 5.69 Å². The fourth-order valence-corrected chi connectivity index (χ4v) is 4.79. The zero-order chi connectivity index (χ0) is 14.1. The summed E-state index contributed by atoms with van der Waals surface area (Å²) in [6, 6.07) is 14.4. The fourth-order valence-electron chi connectivity index (χ4n) is 2.03. The molecule has 0 saturated carbocycles. The lowest BCUT2D eigenvalue weighted by Gasteiger charge is -2.05. The number of hydrogen-bond acceptors (Lipinski definition) is 4. The summed E-state index contributed by atoms with van der Waals surface area (Å²) in [6.07, 6.45) is 0. The average Bonchev–Trinajstić information content (AvgIpc) is 3.06. The molecule has 2 aromatic heterocycles. The van der Waals surface area contributed by atoms with Gasteiger partial charge < -0.3 is 5.73 Å². The molecule has 0 aliphatic heterocycles. The summed E-state index contributed by atoms with van der Waals surface area (Å²) >= 11 is 5.43. The fraction of sp³-hybridized carbons (Fsp3) is 0. The van der Waals surface area contributed by atoms with Crippen molar-refractivity contribution in [2.45, 2.75) is 0 Å². The Labute approximate surface area is 138 Å². The molecule has 2 nitrogen and oxygen atoms in total. The number of hydrogen-bond donors (Lipinski definition) is 1. The first-order valence-electron chi connectivity index (χ1n) is 5.83. The topological polar surface area (TPSA) is 49.8 Å². The normalized spacial score (nSPS) is 10.4. The van der Waals surface area contributed by atoms with Gasteiger partial charge in [-0.1, -0.05) is 24.3 Å². The number of anilines is 1. The van der Waals surface area contributed by atoms with Gasteiger partial charge in [0, 0.05) is 24.5 Å². The van der Waals surface area contributed by atoms with E-state index < -0.39 is 0 Å². The van der Waals surface area contributed by atoms with Crippen LogP contribution < -0.4 is 5.73 Å². The Kier molecular flexibility index (Phi) is 3.78. The van der Waals surface area contributed by atoms with Gasteiger partial charge in [-0.2, -0.15) is 5.26 Å². The van der Waals surface area contributed by atoms with E-state index in [4.69, 9.17) is 5.73 Å². The highest BCUT2D eigenvalue weighted by atomic mass is 127. The number of nitrogens with two attached hydrogens (primary N) is 1. The molecule has 0 bridgehead atoms. The summed E-state index contributed by atoms with van der Waals surface area (Å²) in [6.45, 7) is 0. The van der Waals surface area contributed by atoms with Crippen molar-refractivity contribution in [1.29, 1.82) is 5.26 Å². The number of thiophene rings is 2. The lowest BCUT2D eigenvalue weighted by Crippen LogP contribution is -1.88. The summed E-state index contributed by atoms with van der Waals surface area (Å²) in [5.74, 6) is 0. The van der Waals surface area contributed by atoms with Gasteiger partial charge >= 0.3 is 0 Å². The van der Waals surface area contributed by atoms with Gasteiger partial charge in [0.25, 0.3) is 0 Å². The van der Waals surface area contributed by atoms with Gasteiger partial charge in [0.05, 0.1) is 5.69 Å². The van der Waals surface area contributed by atoms with E-state index in [1.165, 1.54) is 11.3 Å². The van der Waals surface area contributed by atoms with E-state index >= 15 is 0 Å². The molecule has 0 fully saturated rings. The predicted octanol–water partition coefficient (Wildman–Crippen LogP) is 5.20. The second-order valence-electron chi connectivity index (χ2n) is 4.12. The molecule has 98 valence electrons. The zero-order valence-corrected chi connectivity index (χ0v) is 14.1. The quantitative estimate of drug-likeness (QED) is 0.593. The van der Waals surface area contributed by atoms with Crippen molar-refractivity contribution in [3.8, 4) is 27.0 Å². The summed E-state index contributed by atoms with van der Waals surface area (Å²) in [4.78, 5) is 2.77. The van der Waals surface area contributed by atoms with Crippen molar-refractivity contribution in [2.24, 2.45) is 0 Å². The molecule has 0 aliphatic rings. The van der Waals surface area contributed by atoms with Crippen LogP contribution in [-0.2, 0) is 0 Å². The Balaban J connectivity index is 2.32. The van der Waals surface area contributed by atoms with E-state index in [1.54, 1.807) is 11.3 Å². The molecule has 0 unspecified atom stereocenters. The number of nitrogens with zero attached hydrogens (tertiary/aromatic N) is 1. The highest BCUT2D eigenvalue weighted by Gasteiger charge is 2.20. The first-order valence-corrected chi connectivity index (χ1v) is 8.61. The third-order valence-corrected chi connectivity index (χ3v) is 5.90. The van der Waals surface area contributed by atoms with Crippen molar-refractivity contribution < 1.29 is 0 Å². The molecule has 0 saturated heterocycles. The molecule has 0 aliphatic carbocycles. The maximum Gasteiger partial charge on any atom is 0.129 e. The number of benzene rings is 1. The molecule has 0 amide bonds. The van der Waals surface area contributed by atoms with E-state index in [1.807, 2.05) is 29.6 Å². The number of nitrogen functional groups attached to an aromatic ring is 1. The largest absolute Gasteiger partial charge is 0.396 e. The van der Waals surface area contributed by atoms with Gasteiger partial charge in [0.1, 0.15) is 10.9 Å². The predicted molar refractivity (Wildman–Crippen MR) is 94.9 cm³/mol. The molecule has 0 radical (unpaired) electrons. The van der Waals surface area contributed by atoms with Crippen LogP contribution in [0.5, 0.6) is 0 Å². The third-order valence-electron chi connectivity index (χ3n) is 2.93. The molecular weight excluding hydrogens is 399 g/mol. The second-order valence-corrected chi connectivity index (χ2v) is 7.25. The summed E-state index contributed by atoms with van der Waals surface area (Å²) < 4.78 is 1.16.